The van der Waals surface area contributed by atoms with E-state index in [1.807, 2.05) is 20.0 Å². The summed E-state index contributed by atoms with van der Waals surface area (Å²) in [7, 11) is 2.02. The Morgan fingerprint density at radius 2 is 2.05 bits per heavy atom. The molecule has 0 N–H and O–H groups in total. The highest BCUT2D eigenvalue weighted by atomic mass is 32.1. The Kier molecular flexibility index (Phi) is 4.68. The average Bonchev–Trinajstić information content (AvgIpc) is 2.89. The molecule has 0 saturated heterocycles. The summed E-state index contributed by atoms with van der Waals surface area (Å²) in [6.07, 6.45) is 2.69. The number of carbonyl (C=O) groups is 1. The first-order valence-corrected chi connectivity index (χ1v) is 7.26. The van der Waals surface area contributed by atoms with E-state index in [1.165, 1.54) is 16.9 Å². The SMILES string of the molecule is CCc1nc(N(C)CCc2ccccc2)sc1C=O. The van der Waals surface area contributed by atoms with Crippen LogP contribution in [0, 0.1) is 0 Å². The number of hydrogen-bond donors (Lipinski definition) is 0. The highest BCUT2D eigenvalue weighted by Crippen LogP contribution is 2.24. The van der Waals surface area contributed by atoms with Crippen LogP contribution in [0.5, 0.6) is 0 Å². The fourth-order valence-electron chi connectivity index (χ4n) is 1.90. The van der Waals surface area contributed by atoms with E-state index < -0.39 is 0 Å². The number of carbonyl (C=O) groups excluding carboxylic acids is 1. The normalized spacial score (nSPS) is 10.4. The Hall–Kier alpha value is -1.68. The summed E-state index contributed by atoms with van der Waals surface area (Å²) < 4.78 is 0. The van der Waals surface area contributed by atoms with Crippen molar-refractivity contribution in [2.24, 2.45) is 0 Å². The number of anilines is 1. The number of likely N-dealkylation sites (N-methyl/N-ethyl adjacent to an activating group) is 1. The standard InChI is InChI=1S/C15H18N2OS/c1-3-13-14(11-18)19-15(16-13)17(2)10-9-12-7-5-4-6-8-12/h4-8,11H,3,9-10H2,1-2H3. The van der Waals surface area contributed by atoms with Gasteiger partial charge in [0.05, 0.1) is 10.6 Å². The maximum Gasteiger partial charge on any atom is 0.185 e. The average molecular weight is 274 g/mol. The molecule has 2 rings (SSSR count). The van der Waals surface area contributed by atoms with Crippen LogP contribution in [0.2, 0.25) is 0 Å². The van der Waals surface area contributed by atoms with E-state index in [4.69, 9.17) is 0 Å². The molecule has 0 radical (unpaired) electrons. The number of hydrogen-bond acceptors (Lipinski definition) is 4. The quantitative estimate of drug-likeness (QED) is 0.758. The number of aromatic nitrogens is 1. The Labute approximate surface area is 117 Å². The second kappa shape index (κ2) is 6.48. The van der Waals surface area contributed by atoms with Crippen LogP contribution >= 0.6 is 11.3 Å². The molecular weight excluding hydrogens is 256 g/mol. The number of thiazole rings is 1. The van der Waals surface area contributed by atoms with Crippen LogP contribution in [0.3, 0.4) is 0 Å². The first kappa shape index (κ1) is 13.7. The van der Waals surface area contributed by atoms with Gasteiger partial charge < -0.3 is 4.90 Å². The molecule has 1 aromatic heterocycles. The van der Waals surface area contributed by atoms with Gasteiger partial charge in [-0.05, 0) is 18.4 Å². The van der Waals surface area contributed by atoms with Crippen LogP contribution < -0.4 is 4.90 Å². The van der Waals surface area contributed by atoms with Gasteiger partial charge >= 0.3 is 0 Å². The highest BCUT2D eigenvalue weighted by Gasteiger charge is 2.12. The van der Waals surface area contributed by atoms with Crippen LogP contribution in [0.4, 0.5) is 5.13 Å². The molecule has 19 heavy (non-hydrogen) atoms. The Morgan fingerprint density at radius 3 is 2.63 bits per heavy atom. The van der Waals surface area contributed by atoms with Crippen molar-refractivity contribution in [3.63, 3.8) is 0 Å². The minimum absolute atomic E-state index is 0.754. The molecule has 4 heteroatoms. The molecule has 0 spiro atoms. The van der Waals surface area contributed by atoms with Crippen LogP contribution in [0.25, 0.3) is 0 Å². The fourth-order valence-corrected chi connectivity index (χ4v) is 2.85. The summed E-state index contributed by atoms with van der Waals surface area (Å²) in [6.45, 7) is 2.93. The third-order valence-electron chi connectivity index (χ3n) is 3.06. The zero-order valence-electron chi connectivity index (χ0n) is 11.3. The van der Waals surface area contributed by atoms with Crippen molar-refractivity contribution in [1.82, 2.24) is 4.98 Å². The topological polar surface area (TPSA) is 33.2 Å². The van der Waals surface area contributed by atoms with Gasteiger partial charge in [-0.2, -0.15) is 0 Å². The van der Waals surface area contributed by atoms with E-state index in [0.29, 0.717) is 0 Å². The molecule has 0 atom stereocenters. The summed E-state index contributed by atoms with van der Waals surface area (Å²) in [4.78, 5) is 18.3. The van der Waals surface area contributed by atoms with Crippen molar-refractivity contribution in [2.75, 3.05) is 18.5 Å². The molecule has 0 aliphatic rings. The molecule has 3 nitrogen and oxygen atoms in total. The van der Waals surface area contributed by atoms with E-state index in [2.05, 4.69) is 34.1 Å². The monoisotopic (exact) mass is 274 g/mol. The maximum absolute atomic E-state index is 11.0. The zero-order chi connectivity index (χ0) is 13.7. The van der Waals surface area contributed by atoms with E-state index >= 15 is 0 Å². The van der Waals surface area contributed by atoms with Crippen molar-refractivity contribution in [2.45, 2.75) is 19.8 Å². The molecule has 2 aromatic rings. The molecule has 0 unspecified atom stereocenters. The third kappa shape index (κ3) is 3.41. The molecule has 0 amide bonds. The lowest BCUT2D eigenvalue weighted by molar-refractivity contribution is 0.112. The highest BCUT2D eigenvalue weighted by molar-refractivity contribution is 7.17. The number of aryl methyl sites for hydroxylation is 1. The van der Waals surface area contributed by atoms with E-state index in [-0.39, 0.29) is 0 Å². The van der Waals surface area contributed by atoms with Gasteiger partial charge in [0.1, 0.15) is 0 Å². The van der Waals surface area contributed by atoms with Gasteiger partial charge in [-0.15, -0.1) is 0 Å². The summed E-state index contributed by atoms with van der Waals surface area (Å²) >= 11 is 1.47. The molecule has 1 heterocycles. The predicted octanol–water partition coefficient (Wildman–Crippen LogP) is 3.20. The molecule has 0 saturated carbocycles. The Morgan fingerprint density at radius 1 is 1.32 bits per heavy atom. The van der Waals surface area contributed by atoms with E-state index in [9.17, 15) is 4.79 Å². The van der Waals surface area contributed by atoms with E-state index in [1.54, 1.807) is 0 Å². The van der Waals surface area contributed by atoms with Gasteiger partial charge in [0.15, 0.2) is 11.4 Å². The van der Waals surface area contributed by atoms with Gasteiger partial charge in [-0.3, -0.25) is 4.79 Å². The number of aldehydes is 1. The molecule has 0 fully saturated rings. The second-order valence-electron chi connectivity index (χ2n) is 4.44. The number of rotatable bonds is 6. The van der Waals surface area contributed by atoms with E-state index in [0.717, 1.165) is 41.4 Å². The lowest BCUT2D eigenvalue weighted by Gasteiger charge is -2.15. The molecule has 0 bridgehead atoms. The molecular formula is C15H18N2OS. The largest absolute Gasteiger partial charge is 0.351 e. The second-order valence-corrected chi connectivity index (χ2v) is 5.45. The lowest BCUT2D eigenvalue weighted by atomic mass is 10.1. The van der Waals surface area contributed by atoms with Gasteiger partial charge in [-0.25, -0.2) is 4.98 Å². The number of benzene rings is 1. The lowest BCUT2D eigenvalue weighted by Crippen LogP contribution is -2.20. The van der Waals surface area contributed by atoms with Crippen molar-refractivity contribution in [1.29, 1.82) is 0 Å². The predicted molar refractivity (Wildman–Crippen MR) is 80.3 cm³/mol. The smallest absolute Gasteiger partial charge is 0.185 e. The van der Waals surface area contributed by atoms with Crippen molar-refractivity contribution in [3.05, 3.63) is 46.5 Å². The minimum atomic E-state index is 0.754. The van der Waals surface area contributed by atoms with Crippen LogP contribution in [-0.4, -0.2) is 24.9 Å². The van der Waals surface area contributed by atoms with Gasteiger partial charge in [0.2, 0.25) is 0 Å². The molecule has 0 aliphatic heterocycles. The maximum atomic E-state index is 11.0. The van der Waals surface area contributed by atoms with Crippen molar-refractivity contribution in [3.8, 4) is 0 Å². The van der Waals surface area contributed by atoms with Crippen LogP contribution in [0.1, 0.15) is 27.9 Å². The molecule has 1 aromatic carbocycles. The van der Waals surface area contributed by atoms with Crippen molar-refractivity contribution >= 4 is 22.8 Å². The summed E-state index contributed by atoms with van der Waals surface area (Å²) in [5.41, 5.74) is 2.22. The molecule has 100 valence electrons. The van der Waals surface area contributed by atoms with Gasteiger partial charge in [0.25, 0.3) is 0 Å². The Bertz CT molecular complexity index is 536. The Balaban J connectivity index is 2.01. The summed E-state index contributed by atoms with van der Waals surface area (Å²) in [6, 6.07) is 10.4. The summed E-state index contributed by atoms with van der Waals surface area (Å²) in [5, 5.41) is 0.926. The van der Waals surface area contributed by atoms with Crippen LogP contribution in [0.15, 0.2) is 30.3 Å². The summed E-state index contributed by atoms with van der Waals surface area (Å²) in [5.74, 6) is 0. The first-order valence-electron chi connectivity index (χ1n) is 6.44. The van der Waals surface area contributed by atoms with Crippen LogP contribution in [-0.2, 0) is 12.8 Å². The first-order chi connectivity index (χ1) is 9.24. The minimum Gasteiger partial charge on any atom is -0.351 e. The number of nitrogens with zero attached hydrogens (tertiary/aromatic N) is 2. The molecule has 0 aliphatic carbocycles. The fraction of sp³-hybridized carbons (Fsp3) is 0.333. The van der Waals surface area contributed by atoms with Gasteiger partial charge in [-0.1, -0.05) is 48.6 Å². The van der Waals surface area contributed by atoms with Crippen molar-refractivity contribution < 1.29 is 4.79 Å². The third-order valence-corrected chi connectivity index (χ3v) is 4.20. The zero-order valence-corrected chi connectivity index (χ0v) is 12.1. The van der Waals surface area contributed by atoms with Gasteiger partial charge in [0, 0.05) is 13.6 Å².